The van der Waals surface area contributed by atoms with Crippen LogP contribution in [0.3, 0.4) is 0 Å². The molecule has 5 rings (SSSR count). The molecule has 1 aliphatic carbocycles. The number of β-amino-alcohol motifs (C(OH)–C–C–N with tert-alkyl or cyclic N) is 1. The lowest BCUT2D eigenvalue weighted by Crippen LogP contribution is -2.51. The summed E-state index contributed by atoms with van der Waals surface area (Å²) in [4.78, 5) is 29.9. The Morgan fingerprint density at radius 2 is 2.03 bits per heavy atom. The Kier molecular flexibility index (Phi) is 5.64. The van der Waals surface area contributed by atoms with E-state index in [9.17, 15) is 9.90 Å². The van der Waals surface area contributed by atoms with E-state index in [1.807, 2.05) is 48.4 Å². The molecule has 0 atom stereocenters. The molecule has 0 amide bonds. The number of carbonyl (C=O) groups excluding carboxylic acids is 1. The van der Waals surface area contributed by atoms with E-state index in [4.69, 9.17) is 0 Å². The average molecular weight is 454 g/mol. The number of anilines is 3. The molecule has 1 saturated carbocycles. The van der Waals surface area contributed by atoms with Crippen molar-refractivity contribution in [3.63, 3.8) is 0 Å². The van der Waals surface area contributed by atoms with Crippen LogP contribution in [0.4, 0.5) is 16.8 Å². The molecule has 0 radical (unpaired) electrons. The number of aryl methyl sites for hydroxylation is 1. The summed E-state index contributed by atoms with van der Waals surface area (Å²) in [6.45, 7) is 3.15. The minimum Gasteiger partial charge on any atom is -0.389 e. The smallest absolute Gasteiger partial charge is 0.196 e. The zero-order chi connectivity index (χ0) is 21.4. The van der Waals surface area contributed by atoms with Crippen molar-refractivity contribution in [2.24, 2.45) is 5.92 Å². The Hall–Kier alpha value is -2.49. The first kappa shape index (κ1) is 20.4. The molecule has 160 valence electrons. The van der Waals surface area contributed by atoms with Gasteiger partial charge in [-0.05, 0) is 49.2 Å². The highest BCUT2D eigenvalue weighted by Gasteiger charge is 2.29. The van der Waals surface area contributed by atoms with Crippen molar-refractivity contribution in [3.05, 3.63) is 47.0 Å². The maximum atomic E-state index is 12.0. The van der Waals surface area contributed by atoms with Crippen LogP contribution in [-0.2, 0) is 11.2 Å². The fourth-order valence-electron chi connectivity index (χ4n) is 3.38. The van der Waals surface area contributed by atoms with Gasteiger partial charge in [0.2, 0.25) is 0 Å². The Bertz CT molecular complexity index is 1090. The van der Waals surface area contributed by atoms with E-state index in [0.29, 0.717) is 36.3 Å². The summed E-state index contributed by atoms with van der Waals surface area (Å²) in [7, 11) is 0. The van der Waals surface area contributed by atoms with Gasteiger partial charge in [-0.1, -0.05) is 12.1 Å². The van der Waals surface area contributed by atoms with Gasteiger partial charge in [0, 0.05) is 47.5 Å². The van der Waals surface area contributed by atoms with Crippen molar-refractivity contribution in [1.82, 2.24) is 15.0 Å². The van der Waals surface area contributed by atoms with Crippen LogP contribution in [0.1, 0.15) is 23.3 Å². The van der Waals surface area contributed by atoms with Crippen molar-refractivity contribution in [3.8, 4) is 0 Å². The summed E-state index contributed by atoms with van der Waals surface area (Å²) in [6.07, 6.45) is 4.12. The second-order valence-corrected chi connectivity index (χ2v) is 10.3. The summed E-state index contributed by atoms with van der Waals surface area (Å²) in [5, 5.41) is 14.4. The fraction of sp³-hybridized carbons (Fsp3) is 0.364. The number of thiazole rings is 1. The van der Waals surface area contributed by atoms with Gasteiger partial charge in [-0.3, -0.25) is 4.79 Å². The number of nitrogens with zero attached hydrogens (tertiary/aromatic N) is 4. The number of nitrogens with one attached hydrogen (secondary N) is 1. The monoisotopic (exact) mass is 453 g/mol. The average Bonchev–Trinajstić information content (AvgIpc) is 3.50. The number of Topliss-reactive ketones (excluding diaryl/α,β-unsaturated/α-hetero) is 1. The molecular weight excluding hydrogens is 430 g/mol. The number of aliphatic hydroxyl groups excluding tert-OH is 1. The third kappa shape index (κ3) is 5.06. The number of ketones is 1. The van der Waals surface area contributed by atoms with E-state index in [2.05, 4.69) is 20.3 Å². The first-order chi connectivity index (χ1) is 15.0. The standard InChI is InChI=1S/C22H23N5O2S2/c1-13-10-23-21(30-13)24-19-9-20(27-11-16(28)12-27)26-22(25-19)31-17-6-2-14(3-7-17)8-18(29)15-4-5-15/h2-3,6-7,9-10,15-16,28H,4-5,8,11-12H2,1H3,(H,23,24,25,26). The molecule has 3 aromatic rings. The largest absolute Gasteiger partial charge is 0.389 e. The molecule has 0 unspecified atom stereocenters. The normalized spacial score (nSPS) is 16.3. The summed E-state index contributed by atoms with van der Waals surface area (Å²) in [6, 6.07) is 9.94. The maximum Gasteiger partial charge on any atom is 0.196 e. The van der Waals surface area contributed by atoms with Crippen LogP contribution in [0.15, 0.2) is 46.6 Å². The molecule has 2 aliphatic rings. The zero-order valence-electron chi connectivity index (χ0n) is 17.1. The van der Waals surface area contributed by atoms with Gasteiger partial charge in [0.15, 0.2) is 10.3 Å². The van der Waals surface area contributed by atoms with E-state index in [1.54, 1.807) is 11.3 Å². The van der Waals surface area contributed by atoms with Crippen LogP contribution in [0, 0.1) is 12.8 Å². The van der Waals surface area contributed by atoms with Crippen LogP contribution in [0.25, 0.3) is 0 Å². The lowest BCUT2D eigenvalue weighted by atomic mass is 10.1. The van der Waals surface area contributed by atoms with Gasteiger partial charge in [0.1, 0.15) is 17.4 Å². The molecule has 3 heterocycles. The Morgan fingerprint density at radius 1 is 1.26 bits per heavy atom. The molecule has 1 saturated heterocycles. The van der Waals surface area contributed by atoms with Crippen LogP contribution in [0.2, 0.25) is 0 Å². The van der Waals surface area contributed by atoms with E-state index < -0.39 is 0 Å². The molecule has 2 aromatic heterocycles. The third-order valence-electron chi connectivity index (χ3n) is 5.28. The topological polar surface area (TPSA) is 91.2 Å². The van der Waals surface area contributed by atoms with Crippen molar-refractivity contribution in [2.45, 2.75) is 42.3 Å². The number of aliphatic hydroxyl groups is 1. The number of carbonyl (C=O) groups is 1. The molecular formula is C22H23N5O2S2. The second kappa shape index (κ2) is 8.57. The van der Waals surface area contributed by atoms with Crippen molar-refractivity contribution in [1.29, 1.82) is 0 Å². The number of rotatable bonds is 8. The van der Waals surface area contributed by atoms with Crippen LogP contribution >= 0.6 is 23.1 Å². The minimum absolute atomic E-state index is 0.290. The Balaban J connectivity index is 1.33. The number of benzene rings is 1. The van der Waals surface area contributed by atoms with Crippen LogP contribution in [-0.4, -0.2) is 45.0 Å². The van der Waals surface area contributed by atoms with Crippen LogP contribution < -0.4 is 10.2 Å². The first-order valence-electron chi connectivity index (χ1n) is 10.3. The van der Waals surface area contributed by atoms with Gasteiger partial charge in [-0.2, -0.15) is 0 Å². The highest BCUT2D eigenvalue weighted by atomic mass is 32.2. The lowest BCUT2D eigenvalue weighted by molar-refractivity contribution is -0.119. The summed E-state index contributed by atoms with van der Waals surface area (Å²) in [5.41, 5.74) is 1.05. The Labute approximate surface area is 189 Å². The highest BCUT2D eigenvalue weighted by molar-refractivity contribution is 7.99. The second-order valence-electron chi connectivity index (χ2n) is 8.02. The lowest BCUT2D eigenvalue weighted by Gasteiger charge is -2.37. The van der Waals surface area contributed by atoms with E-state index in [1.165, 1.54) is 11.8 Å². The first-order valence-corrected chi connectivity index (χ1v) is 12.0. The van der Waals surface area contributed by atoms with Crippen molar-refractivity contribution in [2.75, 3.05) is 23.3 Å². The third-order valence-corrected chi connectivity index (χ3v) is 6.98. The summed E-state index contributed by atoms with van der Waals surface area (Å²) in [5.74, 6) is 2.10. The highest BCUT2D eigenvalue weighted by Crippen LogP contribution is 2.33. The SMILES string of the molecule is Cc1cnc(Nc2cc(N3CC(O)C3)nc(Sc3ccc(CC(=O)C4CC4)cc3)n2)s1. The van der Waals surface area contributed by atoms with Gasteiger partial charge in [0.05, 0.1) is 6.10 Å². The quantitative estimate of drug-likeness (QED) is 0.497. The predicted molar refractivity (Wildman–Crippen MR) is 122 cm³/mol. The molecule has 1 aliphatic heterocycles. The number of hydrogen-bond donors (Lipinski definition) is 2. The molecule has 9 heteroatoms. The molecule has 31 heavy (non-hydrogen) atoms. The van der Waals surface area contributed by atoms with E-state index in [-0.39, 0.29) is 12.0 Å². The van der Waals surface area contributed by atoms with Gasteiger partial charge < -0.3 is 15.3 Å². The molecule has 0 spiro atoms. The number of hydrogen-bond acceptors (Lipinski definition) is 9. The van der Waals surface area contributed by atoms with E-state index in [0.717, 1.165) is 39.1 Å². The molecule has 0 bridgehead atoms. The maximum absolute atomic E-state index is 12.0. The van der Waals surface area contributed by atoms with Crippen molar-refractivity contribution >= 4 is 45.6 Å². The van der Waals surface area contributed by atoms with Crippen LogP contribution in [0.5, 0.6) is 0 Å². The van der Waals surface area contributed by atoms with Gasteiger partial charge in [-0.15, -0.1) is 11.3 Å². The molecule has 7 nitrogen and oxygen atoms in total. The fourth-order valence-corrected chi connectivity index (χ4v) is 4.82. The minimum atomic E-state index is -0.310. The number of aromatic nitrogens is 3. The van der Waals surface area contributed by atoms with Gasteiger partial charge >= 0.3 is 0 Å². The van der Waals surface area contributed by atoms with E-state index >= 15 is 0 Å². The summed E-state index contributed by atoms with van der Waals surface area (Å²) >= 11 is 3.05. The molecule has 2 fully saturated rings. The van der Waals surface area contributed by atoms with Crippen molar-refractivity contribution < 1.29 is 9.90 Å². The van der Waals surface area contributed by atoms with Gasteiger partial charge in [-0.25, -0.2) is 15.0 Å². The Morgan fingerprint density at radius 3 is 2.68 bits per heavy atom. The molecule has 1 aromatic carbocycles. The predicted octanol–water partition coefficient (Wildman–Crippen LogP) is 3.84. The molecule has 2 N–H and O–H groups in total. The summed E-state index contributed by atoms with van der Waals surface area (Å²) < 4.78 is 0. The zero-order valence-corrected chi connectivity index (χ0v) is 18.7. The van der Waals surface area contributed by atoms with Gasteiger partial charge in [0.25, 0.3) is 0 Å².